The van der Waals surface area contributed by atoms with E-state index in [1.54, 1.807) is 0 Å². The molecule has 0 radical (unpaired) electrons. The van der Waals surface area contributed by atoms with E-state index >= 15 is 0 Å². The van der Waals surface area contributed by atoms with Gasteiger partial charge in [-0.15, -0.1) is 0 Å². The van der Waals surface area contributed by atoms with Crippen molar-refractivity contribution in [2.45, 2.75) is 45.1 Å². The lowest BCUT2D eigenvalue weighted by Gasteiger charge is -2.27. The van der Waals surface area contributed by atoms with Crippen LogP contribution in [0.25, 0.3) is 0 Å². The van der Waals surface area contributed by atoms with E-state index in [0.29, 0.717) is 12.0 Å². The Morgan fingerprint density at radius 2 is 2.14 bits per heavy atom. The van der Waals surface area contributed by atoms with Crippen molar-refractivity contribution in [3.63, 3.8) is 0 Å². The van der Waals surface area contributed by atoms with Crippen LogP contribution in [0.15, 0.2) is 16.5 Å². The minimum atomic E-state index is 0.383. The molecule has 2 nitrogen and oxygen atoms in total. The summed E-state index contributed by atoms with van der Waals surface area (Å²) in [5, 5.41) is 0. The second-order valence-corrected chi connectivity index (χ2v) is 4.42. The summed E-state index contributed by atoms with van der Waals surface area (Å²) in [7, 11) is 0. The van der Waals surface area contributed by atoms with E-state index in [1.165, 1.54) is 25.7 Å². The van der Waals surface area contributed by atoms with Gasteiger partial charge >= 0.3 is 0 Å². The molecule has 14 heavy (non-hydrogen) atoms. The summed E-state index contributed by atoms with van der Waals surface area (Å²) in [5.74, 6) is 2.74. The quantitative estimate of drug-likeness (QED) is 0.784. The highest BCUT2D eigenvalue weighted by molar-refractivity contribution is 5.07. The van der Waals surface area contributed by atoms with Crippen LogP contribution in [0.5, 0.6) is 0 Å². The molecular formula is C12H19NO. The SMILES string of the molecule is Cc1ccc(CC2CCCCC2N)o1. The van der Waals surface area contributed by atoms with Crippen molar-refractivity contribution in [3.05, 3.63) is 23.7 Å². The van der Waals surface area contributed by atoms with Gasteiger partial charge in [-0.25, -0.2) is 0 Å². The van der Waals surface area contributed by atoms with E-state index < -0.39 is 0 Å². The molecule has 2 atom stereocenters. The molecule has 0 saturated heterocycles. The number of aryl methyl sites for hydroxylation is 1. The standard InChI is InChI=1S/C12H19NO/c1-9-6-7-11(14-9)8-10-4-2-3-5-12(10)13/h6-7,10,12H,2-5,8,13H2,1H3. The summed E-state index contributed by atoms with van der Waals surface area (Å²) in [6.07, 6.45) is 6.10. The van der Waals surface area contributed by atoms with E-state index in [1.807, 2.05) is 13.0 Å². The zero-order valence-electron chi connectivity index (χ0n) is 8.83. The molecule has 78 valence electrons. The predicted octanol–water partition coefficient (Wildman–Crippen LogP) is 2.65. The molecule has 1 aromatic heterocycles. The second kappa shape index (κ2) is 4.18. The van der Waals surface area contributed by atoms with Crippen molar-refractivity contribution in [2.75, 3.05) is 0 Å². The Kier molecular flexibility index (Phi) is 2.92. The molecule has 1 saturated carbocycles. The van der Waals surface area contributed by atoms with Gasteiger partial charge in [0, 0.05) is 12.5 Å². The lowest BCUT2D eigenvalue weighted by Crippen LogP contribution is -2.34. The van der Waals surface area contributed by atoms with Gasteiger partial charge in [0.25, 0.3) is 0 Å². The van der Waals surface area contributed by atoms with Gasteiger partial charge in [-0.1, -0.05) is 12.8 Å². The van der Waals surface area contributed by atoms with Crippen LogP contribution in [0.3, 0.4) is 0 Å². The highest BCUT2D eigenvalue weighted by Gasteiger charge is 2.22. The summed E-state index contributed by atoms with van der Waals surface area (Å²) < 4.78 is 5.58. The summed E-state index contributed by atoms with van der Waals surface area (Å²) in [6, 6.07) is 4.49. The van der Waals surface area contributed by atoms with Crippen molar-refractivity contribution < 1.29 is 4.42 Å². The van der Waals surface area contributed by atoms with E-state index in [0.717, 1.165) is 17.9 Å². The maximum atomic E-state index is 6.09. The fraction of sp³-hybridized carbons (Fsp3) is 0.667. The normalized spacial score (nSPS) is 27.9. The molecular weight excluding hydrogens is 174 g/mol. The third-order valence-corrected chi connectivity index (χ3v) is 3.23. The predicted molar refractivity (Wildman–Crippen MR) is 57.1 cm³/mol. The molecule has 0 spiro atoms. The van der Waals surface area contributed by atoms with Crippen molar-refractivity contribution in [1.29, 1.82) is 0 Å². The molecule has 1 heterocycles. The minimum Gasteiger partial charge on any atom is -0.466 e. The topological polar surface area (TPSA) is 39.2 Å². The van der Waals surface area contributed by atoms with Gasteiger partial charge in [0.05, 0.1) is 0 Å². The van der Waals surface area contributed by atoms with E-state index in [2.05, 4.69) is 6.07 Å². The van der Waals surface area contributed by atoms with Crippen molar-refractivity contribution in [1.82, 2.24) is 0 Å². The van der Waals surface area contributed by atoms with Crippen molar-refractivity contribution in [2.24, 2.45) is 11.7 Å². The van der Waals surface area contributed by atoms with Gasteiger partial charge < -0.3 is 10.2 Å². The number of hydrogen-bond donors (Lipinski definition) is 1. The second-order valence-electron chi connectivity index (χ2n) is 4.42. The molecule has 1 aromatic rings. The highest BCUT2D eigenvalue weighted by atomic mass is 16.3. The van der Waals surface area contributed by atoms with Gasteiger partial charge in [0.2, 0.25) is 0 Å². The lowest BCUT2D eigenvalue weighted by atomic mass is 9.82. The summed E-state index contributed by atoms with van der Waals surface area (Å²) in [4.78, 5) is 0. The Morgan fingerprint density at radius 1 is 1.36 bits per heavy atom. The smallest absolute Gasteiger partial charge is 0.104 e. The highest BCUT2D eigenvalue weighted by Crippen LogP contribution is 2.26. The molecule has 1 aliphatic rings. The van der Waals surface area contributed by atoms with Gasteiger partial charge in [-0.3, -0.25) is 0 Å². The lowest BCUT2D eigenvalue weighted by molar-refractivity contribution is 0.289. The average Bonchev–Trinajstić information content (AvgIpc) is 2.56. The molecule has 2 rings (SSSR count). The summed E-state index contributed by atoms with van der Waals surface area (Å²) in [6.45, 7) is 1.99. The van der Waals surface area contributed by atoms with Crippen LogP contribution in [0.4, 0.5) is 0 Å². The first-order valence-electron chi connectivity index (χ1n) is 5.56. The van der Waals surface area contributed by atoms with Crippen LogP contribution in [0.2, 0.25) is 0 Å². The zero-order valence-corrected chi connectivity index (χ0v) is 8.83. The van der Waals surface area contributed by atoms with Crippen LogP contribution in [-0.2, 0) is 6.42 Å². The molecule has 1 aliphatic carbocycles. The van der Waals surface area contributed by atoms with Crippen LogP contribution in [-0.4, -0.2) is 6.04 Å². The first kappa shape index (κ1) is 9.78. The maximum absolute atomic E-state index is 6.09. The Bertz CT molecular complexity index is 292. The molecule has 0 amide bonds. The Balaban J connectivity index is 1.95. The summed E-state index contributed by atoms with van der Waals surface area (Å²) >= 11 is 0. The minimum absolute atomic E-state index is 0.383. The third-order valence-electron chi connectivity index (χ3n) is 3.23. The molecule has 2 N–H and O–H groups in total. The van der Waals surface area contributed by atoms with Crippen molar-refractivity contribution >= 4 is 0 Å². The van der Waals surface area contributed by atoms with E-state index in [4.69, 9.17) is 10.2 Å². The van der Waals surface area contributed by atoms with Crippen LogP contribution >= 0.6 is 0 Å². The van der Waals surface area contributed by atoms with Gasteiger partial charge in [0.15, 0.2) is 0 Å². The van der Waals surface area contributed by atoms with Crippen LogP contribution in [0, 0.1) is 12.8 Å². The monoisotopic (exact) mass is 193 g/mol. The maximum Gasteiger partial charge on any atom is 0.104 e. The molecule has 2 heteroatoms. The fourth-order valence-corrected chi connectivity index (χ4v) is 2.34. The zero-order chi connectivity index (χ0) is 9.97. The molecule has 0 bridgehead atoms. The number of nitrogens with two attached hydrogens (primary N) is 1. The molecule has 2 unspecified atom stereocenters. The van der Waals surface area contributed by atoms with Crippen LogP contribution in [0.1, 0.15) is 37.2 Å². The Hall–Kier alpha value is -0.760. The van der Waals surface area contributed by atoms with Gasteiger partial charge in [-0.05, 0) is 37.8 Å². The van der Waals surface area contributed by atoms with E-state index in [9.17, 15) is 0 Å². The average molecular weight is 193 g/mol. The fourth-order valence-electron chi connectivity index (χ4n) is 2.34. The first-order valence-corrected chi connectivity index (χ1v) is 5.56. The number of hydrogen-bond acceptors (Lipinski definition) is 2. The van der Waals surface area contributed by atoms with Crippen molar-refractivity contribution in [3.8, 4) is 0 Å². The van der Waals surface area contributed by atoms with Crippen LogP contribution < -0.4 is 5.73 Å². The first-order chi connectivity index (χ1) is 6.75. The molecule has 1 fully saturated rings. The van der Waals surface area contributed by atoms with Gasteiger partial charge in [0.1, 0.15) is 11.5 Å². The number of rotatable bonds is 2. The largest absolute Gasteiger partial charge is 0.466 e. The molecule has 0 aliphatic heterocycles. The number of furan rings is 1. The third kappa shape index (κ3) is 2.18. The Labute approximate surface area is 85.5 Å². The molecule has 0 aromatic carbocycles. The van der Waals surface area contributed by atoms with Gasteiger partial charge in [-0.2, -0.15) is 0 Å². The summed E-state index contributed by atoms with van der Waals surface area (Å²) in [5.41, 5.74) is 6.09. The Morgan fingerprint density at radius 3 is 2.79 bits per heavy atom. The van der Waals surface area contributed by atoms with E-state index in [-0.39, 0.29) is 0 Å².